The van der Waals surface area contributed by atoms with E-state index in [0.717, 1.165) is 29.8 Å². The minimum Gasteiger partial charge on any atom is -0.496 e. The summed E-state index contributed by atoms with van der Waals surface area (Å²) in [4.78, 5) is 26.6. The molecule has 1 unspecified atom stereocenters. The molecule has 0 spiro atoms. The van der Waals surface area contributed by atoms with Crippen LogP contribution in [-0.4, -0.2) is 36.9 Å². The topological polar surface area (TPSA) is 70.7 Å². The molecule has 4 rings (SSSR count). The van der Waals surface area contributed by atoms with Gasteiger partial charge in [-0.1, -0.05) is 18.2 Å². The second kappa shape index (κ2) is 6.71. The average Bonchev–Trinajstić information content (AvgIpc) is 3.16. The van der Waals surface area contributed by atoms with Gasteiger partial charge in [0, 0.05) is 17.7 Å². The molecule has 6 heteroatoms. The third-order valence-electron chi connectivity index (χ3n) is 4.99. The second-order valence-corrected chi connectivity index (χ2v) is 6.56. The first-order chi connectivity index (χ1) is 12.7. The first-order valence-electron chi connectivity index (χ1n) is 8.79. The van der Waals surface area contributed by atoms with E-state index in [1.807, 2.05) is 41.3 Å². The first kappa shape index (κ1) is 16.4. The van der Waals surface area contributed by atoms with E-state index >= 15 is 0 Å². The SMILES string of the molecule is COc1ccccc1C1CCCN1C(=O)c1ccc2c(c1)NC(=O)CN2. The Bertz CT molecular complexity index is 865. The third kappa shape index (κ3) is 2.87. The minimum atomic E-state index is -0.102. The molecule has 2 aliphatic rings. The molecule has 2 aliphatic heterocycles. The standard InChI is InChI=1S/C20H21N3O3/c1-26-18-7-3-2-5-14(18)17-6-4-10-23(17)20(25)13-8-9-15-16(11-13)22-19(24)12-21-15/h2-3,5,7-9,11,17,21H,4,6,10,12H2,1H3,(H,22,24). The third-order valence-corrected chi connectivity index (χ3v) is 4.99. The number of nitrogens with one attached hydrogen (secondary N) is 2. The minimum absolute atomic E-state index is 0.00222. The van der Waals surface area contributed by atoms with Crippen LogP contribution in [0.4, 0.5) is 11.4 Å². The van der Waals surface area contributed by atoms with E-state index in [1.165, 1.54) is 0 Å². The molecule has 2 amide bonds. The number of benzene rings is 2. The highest BCUT2D eigenvalue weighted by atomic mass is 16.5. The number of methoxy groups -OCH3 is 1. The van der Waals surface area contributed by atoms with Crippen LogP contribution in [-0.2, 0) is 4.79 Å². The molecule has 0 aromatic heterocycles. The molecule has 1 atom stereocenters. The fourth-order valence-electron chi connectivity index (χ4n) is 3.75. The zero-order valence-electron chi connectivity index (χ0n) is 14.6. The monoisotopic (exact) mass is 351 g/mol. The number of nitrogens with zero attached hydrogens (tertiary/aromatic N) is 1. The maximum atomic E-state index is 13.1. The Morgan fingerprint density at radius 1 is 1.19 bits per heavy atom. The number of carbonyl (C=O) groups is 2. The van der Waals surface area contributed by atoms with Crippen LogP contribution in [0.5, 0.6) is 5.75 Å². The highest BCUT2D eigenvalue weighted by Crippen LogP contribution is 2.38. The molecule has 2 heterocycles. The normalized spacial score (nSPS) is 18.7. The molecule has 0 bridgehead atoms. The van der Waals surface area contributed by atoms with Crippen LogP contribution in [0.3, 0.4) is 0 Å². The fraction of sp³-hybridized carbons (Fsp3) is 0.300. The van der Waals surface area contributed by atoms with Gasteiger partial charge in [0.1, 0.15) is 5.75 Å². The summed E-state index contributed by atoms with van der Waals surface area (Å²) in [5, 5.41) is 5.86. The maximum absolute atomic E-state index is 13.1. The number of rotatable bonds is 3. The van der Waals surface area contributed by atoms with Crippen molar-refractivity contribution >= 4 is 23.2 Å². The number of para-hydroxylation sites is 1. The van der Waals surface area contributed by atoms with E-state index in [-0.39, 0.29) is 24.4 Å². The maximum Gasteiger partial charge on any atom is 0.254 e. The number of hydrogen-bond acceptors (Lipinski definition) is 4. The molecular weight excluding hydrogens is 330 g/mol. The van der Waals surface area contributed by atoms with Crippen LogP contribution in [0.25, 0.3) is 0 Å². The quantitative estimate of drug-likeness (QED) is 0.892. The van der Waals surface area contributed by atoms with E-state index in [2.05, 4.69) is 10.6 Å². The summed E-state index contributed by atoms with van der Waals surface area (Å²) in [7, 11) is 1.65. The Labute approximate surface area is 152 Å². The van der Waals surface area contributed by atoms with Crippen LogP contribution in [0.15, 0.2) is 42.5 Å². The van der Waals surface area contributed by atoms with Gasteiger partial charge in [0.05, 0.1) is 31.1 Å². The van der Waals surface area contributed by atoms with Gasteiger partial charge in [-0.2, -0.15) is 0 Å². The van der Waals surface area contributed by atoms with Crippen molar-refractivity contribution in [1.82, 2.24) is 4.90 Å². The van der Waals surface area contributed by atoms with Crippen LogP contribution < -0.4 is 15.4 Å². The summed E-state index contributed by atoms with van der Waals surface area (Å²) in [6.07, 6.45) is 1.87. The van der Waals surface area contributed by atoms with Crippen molar-refractivity contribution < 1.29 is 14.3 Å². The van der Waals surface area contributed by atoms with Crippen LogP contribution in [0, 0.1) is 0 Å². The van der Waals surface area contributed by atoms with E-state index in [0.29, 0.717) is 17.8 Å². The Morgan fingerprint density at radius 2 is 2.04 bits per heavy atom. The van der Waals surface area contributed by atoms with Gasteiger partial charge in [-0.05, 0) is 37.1 Å². The largest absolute Gasteiger partial charge is 0.496 e. The van der Waals surface area contributed by atoms with Crippen LogP contribution in [0.2, 0.25) is 0 Å². The van der Waals surface area contributed by atoms with Gasteiger partial charge in [0.2, 0.25) is 5.91 Å². The Hall–Kier alpha value is -3.02. The number of hydrogen-bond donors (Lipinski definition) is 2. The highest BCUT2D eigenvalue weighted by molar-refractivity contribution is 6.03. The predicted molar refractivity (Wildman–Crippen MR) is 99.6 cm³/mol. The van der Waals surface area contributed by atoms with Crippen molar-refractivity contribution in [2.24, 2.45) is 0 Å². The number of amides is 2. The summed E-state index contributed by atoms with van der Waals surface area (Å²) in [5.41, 5.74) is 3.10. The zero-order chi connectivity index (χ0) is 18.1. The molecule has 2 aromatic carbocycles. The molecule has 1 fully saturated rings. The Kier molecular flexibility index (Phi) is 4.24. The van der Waals surface area contributed by atoms with Gasteiger partial charge in [0.25, 0.3) is 5.91 Å². The summed E-state index contributed by atoms with van der Waals surface area (Å²) in [6.45, 7) is 0.964. The van der Waals surface area contributed by atoms with Crippen molar-refractivity contribution in [3.05, 3.63) is 53.6 Å². The molecule has 2 aromatic rings. The molecule has 26 heavy (non-hydrogen) atoms. The Balaban J connectivity index is 1.63. The molecule has 0 radical (unpaired) electrons. The highest BCUT2D eigenvalue weighted by Gasteiger charge is 2.32. The lowest BCUT2D eigenvalue weighted by Crippen LogP contribution is -2.31. The molecule has 1 saturated heterocycles. The summed E-state index contributed by atoms with van der Waals surface area (Å²) in [6, 6.07) is 13.3. The van der Waals surface area contributed by atoms with E-state index in [4.69, 9.17) is 4.74 Å². The van der Waals surface area contributed by atoms with Gasteiger partial charge in [-0.25, -0.2) is 0 Å². The predicted octanol–water partition coefficient (Wildman–Crippen LogP) is 3.04. The summed E-state index contributed by atoms with van der Waals surface area (Å²) in [5.74, 6) is 0.676. The van der Waals surface area contributed by atoms with Crippen molar-refractivity contribution in [3.63, 3.8) is 0 Å². The van der Waals surface area contributed by atoms with E-state index in [1.54, 1.807) is 13.2 Å². The zero-order valence-corrected chi connectivity index (χ0v) is 14.6. The van der Waals surface area contributed by atoms with Crippen LogP contribution >= 0.6 is 0 Å². The van der Waals surface area contributed by atoms with Crippen molar-refractivity contribution in [1.29, 1.82) is 0 Å². The lowest BCUT2D eigenvalue weighted by molar-refractivity contribution is -0.114. The lowest BCUT2D eigenvalue weighted by atomic mass is 10.0. The molecule has 0 saturated carbocycles. The number of ether oxygens (including phenoxy) is 1. The first-order valence-corrected chi connectivity index (χ1v) is 8.79. The molecule has 2 N–H and O–H groups in total. The van der Waals surface area contributed by atoms with Crippen LogP contribution in [0.1, 0.15) is 34.8 Å². The van der Waals surface area contributed by atoms with E-state index < -0.39 is 0 Å². The van der Waals surface area contributed by atoms with Crippen molar-refractivity contribution in [2.45, 2.75) is 18.9 Å². The van der Waals surface area contributed by atoms with Gasteiger partial charge >= 0.3 is 0 Å². The van der Waals surface area contributed by atoms with Gasteiger partial charge in [-0.15, -0.1) is 0 Å². The number of fused-ring (bicyclic) bond motifs is 1. The molecule has 0 aliphatic carbocycles. The molecule has 134 valence electrons. The average molecular weight is 351 g/mol. The lowest BCUT2D eigenvalue weighted by Gasteiger charge is -2.27. The molecule has 6 nitrogen and oxygen atoms in total. The number of anilines is 2. The molecular formula is C20H21N3O3. The second-order valence-electron chi connectivity index (χ2n) is 6.56. The smallest absolute Gasteiger partial charge is 0.254 e. The van der Waals surface area contributed by atoms with Crippen molar-refractivity contribution in [3.8, 4) is 5.75 Å². The summed E-state index contributed by atoms with van der Waals surface area (Å²) >= 11 is 0. The van der Waals surface area contributed by atoms with Crippen molar-refractivity contribution in [2.75, 3.05) is 30.8 Å². The Morgan fingerprint density at radius 3 is 2.88 bits per heavy atom. The van der Waals surface area contributed by atoms with E-state index in [9.17, 15) is 9.59 Å². The fourth-order valence-corrected chi connectivity index (χ4v) is 3.75. The van der Waals surface area contributed by atoms with Gasteiger partial charge < -0.3 is 20.3 Å². The van der Waals surface area contributed by atoms with Gasteiger partial charge in [-0.3, -0.25) is 9.59 Å². The number of likely N-dealkylation sites (tertiary alicyclic amines) is 1. The van der Waals surface area contributed by atoms with Gasteiger partial charge in [0.15, 0.2) is 0 Å². The summed E-state index contributed by atoms with van der Waals surface area (Å²) < 4.78 is 5.48. The number of carbonyl (C=O) groups excluding carboxylic acids is 2.